The molecule has 0 fully saturated rings. The molecular weight excluding hydrogens is 596 g/mol. The van der Waals surface area contributed by atoms with Crippen molar-refractivity contribution in [1.29, 1.82) is 0 Å². The number of amides is 2. The van der Waals surface area contributed by atoms with Gasteiger partial charge in [0.2, 0.25) is 11.8 Å². The molecule has 0 saturated heterocycles. The quantitative estimate of drug-likeness (QED) is 0.195. The molecule has 7 nitrogen and oxygen atoms in total. The van der Waals surface area contributed by atoms with Crippen LogP contribution >= 0.6 is 0 Å². The van der Waals surface area contributed by atoms with Crippen LogP contribution in [0.3, 0.4) is 0 Å². The molecule has 0 bridgehead atoms. The van der Waals surface area contributed by atoms with Gasteiger partial charge in [0.25, 0.3) is 10.0 Å². The Labute approximate surface area is 263 Å². The number of hydrogen-bond acceptors (Lipinski definition) is 4. The van der Waals surface area contributed by atoms with Crippen LogP contribution in [0.4, 0.5) is 14.5 Å². The Morgan fingerprint density at radius 2 is 1.47 bits per heavy atom. The molecule has 0 radical (unpaired) electrons. The van der Waals surface area contributed by atoms with E-state index in [9.17, 15) is 26.8 Å². The largest absolute Gasteiger partial charge is 0.352 e. The number of nitrogens with one attached hydrogen (secondary N) is 1. The van der Waals surface area contributed by atoms with Crippen LogP contribution in [0.2, 0.25) is 0 Å². The molecule has 45 heavy (non-hydrogen) atoms. The zero-order valence-electron chi connectivity index (χ0n) is 25.5. The van der Waals surface area contributed by atoms with Crippen molar-refractivity contribution in [2.75, 3.05) is 10.8 Å². The molecule has 0 saturated carbocycles. The minimum Gasteiger partial charge on any atom is -0.352 e. The number of carbonyl (C=O) groups excluding carboxylic acids is 2. The topological polar surface area (TPSA) is 86.8 Å². The number of rotatable bonds is 13. The van der Waals surface area contributed by atoms with Gasteiger partial charge in [-0.2, -0.15) is 0 Å². The predicted octanol–water partition coefficient (Wildman–Crippen LogP) is 6.02. The van der Waals surface area contributed by atoms with Gasteiger partial charge in [-0.25, -0.2) is 17.2 Å². The van der Waals surface area contributed by atoms with E-state index in [2.05, 4.69) is 5.32 Å². The van der Waals surface area contributed by atoms with E-state index in [0.717, 1.165) is 27.6 Å². The van der Waals surface area contributed by atoms with Gasteiger partial charge >= 0.3 is 0 Å². The molecule has 1 N–H and O–H groups in total. The Morgan fingerprint density at radius 3 is 2.09 bits per heavy atom. The summed E-state index contributed by atoms with van der Waals surface area (Å²) < 4.78 is 57.8. The van der Waals surface area contributed by atoms with Crippen LogP contribution < -0.4 is 9.62 Å². The van der Waals surface area contributed by atoms with Gasteiger partial charge in [0.05, 0.1) is 10.6 Å². The van der Waals surface area contributed by atoms with Crippen LogP contribution in [-0.2, 0) is 32.6 Å². The second-order valence-electron chi connectivity index (χ2n) is 10.9. The lowest BCUT2D eigenvalue weighted by molar-refractivity contribution is -0.140. The average molecular weight is 634 g/mol. The Bertz CT molecular complexity index is 1700. The third-order valence-electron chi connectivity index (χ3n) is 7.57. The Kier molecular flexibility index (Phi) is 11.1. The first-order valence-corrected chi connectivity index (χ1v) is 16.2. The van der Waals surface area contributed by atoms with Crippen molar-refractivity contribution in [3.05, 3.63) is 131 Å². The van der Waals surface area contributed by atoms with Crippen molar-refractivity contribution in [2.45, 2.75) is 57.1 Å². The summed E-state index contributed by atoms with van der Waals surface area (Å²) in [7, 11) is -4.33. The first kappa shape index (κ1) is 33.3. The SMILES string of the molecule is CC[C@H](C)NC(=O)[C@@H](Cc1ccccc1)N(Cc1ccccc1F)C(=O)CN(c1ccc(F)cc1)S(=O)(=O)c1ccc(C)cc1. The van der Waals surface area contributed by atoms with Crippen LogP contribution in [0.15, 0.2) is 108 Å². The molecule has 0 spiro atoms. The minimum absolute atomic E-state index is 0.0554. The van der Waals surface area contributed by atoms with E-state index >= 15 is 0 Å². The highest BCUT2D eigenvalue weighted by Gasteiger charge is 2.35. The lowest BCUT2D eigenvalue weighted by Gasteiger charge is -2.34. The van der Waals surface area contributed by atoms with Gasteiger partial charge in [-0.1, -0.05) is 73.2 Å². The molecule has 4 aromatic rings. The number of halogens is 2. The van der Waals surface area contributed by atoms with E-state index in [1.165, 1.54) is 47.4 Å². The summed E-state index contributed by atoms with van der Waals surface area (Å²) in [5.41, 5.74) is 1.82. The van der Waals surface area contributed by atoms with Crippen molar-refractivity contribution >= 4 is 27.5 Å². The normalized spacial score (nSPS) is 12.6. The molecule has 236 valence electrons. The van der Waals surface area contributed by atoms with Crippen LogP contribution in [0.25, 0.3) is 0 Å². The lowest BCUT2D eigenvalue weighted by atomic mass is 10.0. The number of sulfonamides is 1. The summed E-state index contributed by atoms with van der Waals surface area (Å²) in [6.07, 6.45) is 0.739. The molecule has 0 aromatic heterocycles. The molecule has 10 heteroatoms. The van der Waals surface area contributed by atoms with Crippen LogP contribution in [0, 0.1) is 18.6 Å². The number of benzene rings is 4. The smallest absolute Gasteiger partial charge is 0.264 e. The van der Waals surface area contributed by atoms with Gasteiger partial charge < -0.3 is 10.2 Å². The second kappa shape index (κ2) is 14.9. The summed E-state index contributed by atoms with van der Waals surface area (Å²) in [6.45, 7) is 4.55. The summed E-state index contributed by atoms with van der Waals surface area (Å²) in [4.78, 5) is 29.3. The monoisotopic (exact) mass is 633 g/mol. The molecule has 0 heterocycles. The molecule has 0 aliphatic heterocycles. The summed E-state index contributed by atoms with van der Waals surface area (Å²) in [5, 5.41) is 2.94. The standard InChI is InChI=1S/C35H37F2N3O4S/c1-4-26(3)38-35(42)33(22-27-10-6-5-7-11-27)39(23-28-12-8-9-13-32(28)37)34(41)24-40(30-18-16-29(36)17-19-30)45(43,44)31-20-14-25(2)15-21-31/h5-21,26,33H,4,22-24H2,1-3H3,(H,38,42)/t26-,33+/m0/s1. The summed E-state index contributed by atoms with van der Waals surface area (Å²) in [5.74, 6) is -2.34. The fraction of sp³-hybridized carbons (Fsp3) is 0.257. The van der Waals surface area contributed by atoms with E-state index in [4.69, 9.17) is 0 Å². The van der Waals surface area contributed by atoms with Crippen molar-refractivity contribution in [3.8, 4) is 0 Å². The highest BCUT2D eigenvalue weighted by Crippen LogP contribution is 2.26. The van der Waals surface area contributed by atoms with E-state index < -0.39 is 46.1 Å². The number of aryl methyl sites for hydroxylation is 1. The van der Waals surface area contributed by atoms with Crippen LogP contribution in [0.5, 0.6) is 0 Å². The Balaban J connectivity index is 1.81. The summed E-state index contributed by atoms with van der Waals surface area (Å²) in [6, 6.07) is 24.6. The molecule has 4 aromatic carbocycles. The fourth-order valence-electron chi connectivity index (χ4n) is 4.78. The van der Waals surface area contributed by atoms with Gasteiger partial charge in [0.15, 0.2) is 0 Å². The van der Waals surface area contributed by atoms with Gasteiger partial charge in [-0.3, -0.25) is 13.9 Å². The first-order valence-electron chi connectivity index (χ1n) is 14.7. The van der Waals surface area contributed by atoms with Crippen molar-refractivity contribution in [1.82, 2.24) is 10.2 Å². The average Bonchev–Trinajstić information content (AvgIpc) is 3.03. The van der Waals surface area contributed by atoms with Crippen molar-refractivity contribution in [2.24, 2.45) is 0 Å². The van der Waals surface area contributed by atoms with Crippen LogP contribution in [-0.4, -0.2) is 43.8 Å². The molecule has 0 aliphatic rings. The molecule has 2 amide bonds. The van der Waals surface area contributed by atoms with E-state index in [0.29, 0.717) is 6.42 Å². The molecule has 4 rings (SSSR count). The maximum Gasteiger partial charge on any atom is 0.264 e. The van der Waals surface area contributed by atoms with E-state index in [1.807, 2.05) is 51.1 Å². The lowest BCUT2D eigenvalue weighted by Crippen LogP contribution is -2.54. The second-order valence-corrected chi connectivity index (χ2v) is 12.8. The Morgan fingerprint density at radius 1 is 0.844 bits per heavy atom. The maximum absolute atomic E-state index is 15.0. The van der Waals surface area contributed by atoms with Crippen LogP contribution in [0.1, 0.15) is 37.0 Å². The van der Waals surface area contributed by atoms with Gasteiger partial charge in [-0.15, -0.1) is 0 Å². The van der Waals surface area contributed by atoms with Crippen molar-refractivity contribution < 1.29 is 26.8 Å². The maximum atomic E-state index is 15.0. The zero-order valence-corrected chi connectivity index (χ0v) is 26.3. The number of hydrogen-bond donors (Lipinski definition) is 1. The predicted molar refractivity (Wildman–Crippen MR) is 171 cm³/mol. The van der Waals surface area contributed by atoms with E-state index in [1.54, 1.807) is 18.2 Å². The number of anilines is 1. The fourth-order valence-corrected chi connectivity index (χ4v) is 6.19. The Hall–Kier alpha value is -4.57. The van der Waals surface area contributed by atoms with Gasteiger partial charge in [0, 0.05) is 24.6 Å². The van der Waals surface area contributed by atoms with E-state index in [-0.39, 0.29) is 35.2 Å². The zero-order chi connectivity index (χ0) is 32.6. The third kappa shape index (κ3) is 8.54. The summed E-state index contributed by atoms with van der Waals surface area (Å²) >= 11 is 0. The first-order chi connectivity index (χ1) is 21.5. The highest BCUT2D eigenvalue weighted by molar-refractivity contribution is 7.92. The number of carbonyl (C=O) groups is 2. The van der Waals surface area contributed by atoms with Gasteiger partial charge in [-0.05, 0) is 68.3 Å². The van der Waals surface area contributed by atoms with Gasteiger partial charge in [0.1, 0.15) is 24.2 Å². The molecule has 2 atom stereocenters. The third-order valence-corrected chi connectivity index (χ3v) is 9.36. The highest BCUT2D eigenvalue weighted by atomic mass is 32.2. The molecule has 0 unspecified atom stereocenters. The minimum atomic E-state index is -4.33. The van der Waals surface area contributed by atoms with Crippen molar-refractivity contribution in [3.63, 3.8) is 0 Å². The molecule has 0 aliphatic carbocycles. The molecular formula is C35H37F2N3O4S. The number of nitrogens with zero attached hydrogens (tertiary/aromatic N) is 2.